The number of hydrogen-bond donors (Lipinski definition) is 0. The van der Waals surface area contributed by atoms with Crippen molar-refractivity contribution in [1.29, 1.82) is 0 Å². The molecule has 1 unspecified atom stereocenters. The van der Waals surface area contributed by atoms with Crippen molar-refractivity contribution in [3.63, 3.8) is 0 Å². The quantitative estimate of drug-likeness (QED) is 0.800. The maximum absolute atomic E-state index is 13.0. The van der Waals surface area contributed by atoms with Crippen LogP contribution in [0.25, 0.3) is 0 Å². The molecule has 0 spiro atoms. The summed E-state index contributed by atoms with van der Waals surface area (Å²) in [6.07, 6.45) is 8.27. The highest BCUT2D eigenvalue weighted by molar-refractivity contribution is 7.86. The molecule has 122 valence electrons. The number of hydrogen-bond acceptors (Lipinski definition) is 3. The van der Waals surface area contributed by atoms with Gasteiger partial charge in [-0.1, -0.05) is 25.7 Å². The largest absolute Gasteiger partial charge is 0.300 e. The van der Waals surface area contributed by atoms with Gasteiger partial charge in [-0.3, -0.25) is 4.79 Å². The zero-order valence-corrected chi connectivity index (χ0v) is 13.9. The summed E-state index contributed by atoms with van der Waals surface area (Å²) in [7, 11) is -3.41. The van der Waals surface area contributed by atoms with Gasteiger partial charge in [0.2, 0.25) is 0 Å². The third-order valence-electron chi connectivity index (χ3n) is 4.53. The average molecular weight is 316 g/mol. The molecule has 0 aliphatic carbocycles. The lowest BCUT2D eigenvalue weighted by Crippen LogP contribution is -2.49. The van der Waals surface area contributed by atoms with Gasteiger partial charge in [-0.25, -0.2) is 0 Å². The van der Waals surface area contributed by atoms with Crippen molar-refractivity contribution >= 4 is 16.0 Å². The van der Waals surface area contributed by atoms with Gasteiger partial charge in [-0.15, -0.1) is 0 Å². The molecule has 0 bridgehead atoms. The normalized spacial score (nSPS) is 27.0. The zero-order valence-electron chi connectivity index (χ0n) is 13.1. The first-order valence-electron chi connectivity index (χ1n) is 8.28. The van der Waals surface area contributed by atoms with Crippen LogP contribution in [0.15, 0.2) is 0 Å². The van der Waals surface area contributed by atoms with Crippen LogP contribution in [-0.4, -0.2) is 48.5 Å². The van der Waals surface area contributed by atoms with Crippen LogP contribution in [-0.2, 0) is 15.0 Å². The van der Waals surface area contributed by atoms with Gasteiger partial charge in [-0.2, -0.15) is 17.0 Å². The molecule has 1 atom stereocenters. The first-order chi connectivity index (χ1) is 10.0. The molecule has 2 aliphatic heterocycles. The van der Waals surface area contributed by atoms with Gasteiger partial charge in [0.05, 0.1) is 0 Å². The van der Waals surface area contributed by atoms with E-state index in [1.54, 1.807) is 15.5 Å². The van der Waals surface area contributed by atoms with E-state index in [1.165, 1.54) is 0 Å². The minimum Gasteiger partial charge on any atom is -0.300 e. The predicted molar refractivity (Wildman–Crippen MR) is 83.2 cm³/mol. The van der Waals surface area contributed by atoms with E-state index in [9.17, 15) is 13.2 Å². The van der Waals surface area contributed by atoms with Crippen molar-refractivity contribution in [3.05, 3.63) is 0 Å². The summed E-state index contributed by atoms with van der Waals surface area (Å²) in [6.45, 7) is 3.38. The molecule has 2 fully saturated rings. The van der Waals surface area contributed by atoms with Gasteiger partial charge in [0, 0.05) is 32.1 Å². The van der Waals surface area contributed by atoms with Gasteiger partial charge in [0.25, 0.3) is 10.2 Å². The molecule has 21 heavy (non-hydrogen) atoms. The fourth-order valence-electron chi connectivity index (χ4n) is 3.41. The first kappa shape index (κ1) is 16.9. The highest BCUT2D eigenvalue weighted by Gasteiger charge is 2.36. The lowest BCUT2D eigenvalue weighted by atomic mass is 10.1. The van der Waals surface area contributed by atoms with E-state index in [4.69, 9.17) is 0 Å². The maximum Gasteiger partial charge on any atom is 0.282 e. The van der Waals surface area contributed by atoms with Gasteiger partial charge >= 0.3 is 0 Å². The van der Waals surface area contributed by atoms with Crippen LogP contribution in [0.1, 0.15) is 64.7 Å². The SMILES string of the molecule is CC(=O)CC1CCCCCN1S(=O)(=O)N1CCCCCC1. The van der Waals surface area contributed by atoms with Crippen LogP contribution in [0.2, 0.25) is 0 Å². The summed E-state index contributed by atoms with van der Waals surface area (Å²) in [5, 5.41) is 0. The summed E-state index contributed by atoms with van der Waals surface area (Å²) in [5.41, 5.74) is 0. The molecule has 2 rings (SSSR count). The number of carbonyl (C=O) groups is 1. The molecule has 0 N–H and O–H groups in total. The Morgan fingerprint density at radius 3 is 2.14 bits per heavy atom. The molecule has 2 saturated heterocycles. The predicted octanol–water partition coefficient (Wildman–Crippen LogP) is 2.33. The average Bonchev–Trinajstić information content (AvgIpc) is 2.80. The van der Waals surface area contributed by atoms with E-state index >= 15 is 0 Å². The number of ketones is 1. The molecule has 0 radical (unpaired) electrons. The summed E-state index contributed by atoms with van der Waals surface area (Å²) in [5.74, 6) is 0.0815. The van der Waals surface area contributed by atoms with Crippen LogP contribution >= 0.6 is 0 Å². The topological polar surface area (TPSA) is 57.7 Å². The summed E-state index contributed by atoms with van der Waals surface area (Å²) in [6, 6.07) is -0.141. The molecule has 0 aromatic carbocycles. The van der Waals surface area contributed by atoms with Crippen LogP contribution < -0.4 is 0 Å². The van der Waals surface area contributed by atoms with Gasteiger partial charge in [0.1, 0.15) is 5.78 Å². The molecule has 2 heterocycles. The molecule has 2 aliphatic rings. The Hall–Kier alpha value is -0.460. The molecule has 5 nitrogen and oxygen atoms in total. The maximum atomic E-state index is 13.0. The second-order valence-electron chi connectivity index (χ2n) is 6.34. The second-order valence-corrected chi connectivity index (χ2v) is 8.22. The van der Waals surface area contributed by atoms with Crippen LogP contribution in [0.3, 0.4) is 0 Å². The third kappa shape index (κ3) is 4.50. The lowest BCUT2D eigenvalue weighted by molar-refractivity contribution is -0.117. The first-order valence-corrected chi connectivity index (χ1v) is 9.68. The summed E-state index contributed by atoms with van der Waals surface area (Å²) in [4.78, 5) is 11.5. The molecule has 6 heteroatoms. The minimum atomic E-state index is -3.41. The van der Waals surface area contributed by atoms with Gasteiger partial charge in [0.15, 0.2) is 0 Å². The Bertz CT molecular complexity index is 442. The third-order valence-corrected chi connectivity index (χ3v) is 6.63. The fraction of sp³-hybridized carbons (Fsp3) is 0.933. The van der Waals surface area contributed by atoms with Crippen LogP contribution in [0.5, 0.6) is 0 Å². The standard InChI is InChI=1S/C15H28N2O3S/c1-14(18)13-15-9-5-4-8-12-17(15)21(19,20)16-10-6-2-3-7-11-16/h15H,2-13H2,1H3. The van der Waals surface area contributed by atoms with Gasteiger partial charge < -0.3 is 0 Å². The highest BCUT2D eigenvalue weighted by Crippen LogP contribution is 2.26. The van der Waals surface area contributed by atoms with Crippen molar-refractivity contribution < 1.29 is 13.2 Å². The van der Waals surface area contributed by atoms with Crippen molar-refractivity contribution in [2.24, 2.45) is 0 Å². The Morgan fingerprint density at radius 2 is 1.52 bits per heavy atom. The molecule has 0 aromatic heterocycles. The Kier molecular flexibility index (Phi) is 6.20. The van der Waals surface area contributed by atoms with Crippen LogP contribution in [0.4, 0.5) is 0 Å². The van der Waals surface area contributed by atoms with E-state index in [0.717, 1.165) is 51.4 Å². The highest BCUT2D eigenvalue weighted by atomic mass is 32.2. The second kappa shape index (κ2) is 7.70. The van der Waals surface area contributed by atoms with Crippen molar-refractivity contribution in [3.8, 4) is 0 Å². The molecule has 0 aromatic rings. The van der Waals surface area contributed by atoms with E-state index in [0.29, 0.717) is 26.1 Å². The number of nitrogens with zero attached hydrogens (tertiary/aromatic N) is 2. The number of rotatable bonds is 4. The smallest absolute Gasteiger partial charge is 0.282 e. The molecular formula is C15H28N2O3S. The van der Waals surface area contributed by atoms with Crippen LogP contribution in [0, 0.1) is 0 Å². The van der Waals surface area contributed by atoms with Crippen molar-refractivity contribution in [1.82, 2.24) is 8.61 Å². The monoisotopic (exact) mass is 316 g/mol. The molecular weight excluding hydrogens is 288 g/mol. The van der Waals surface area contributed by atoms with E-state index < -0.39 is 10.2 Å². The van der Waals surface area contributed by atoms with E-state index in [2.05, 4.69) is 0 Å². The molecule has 0 saturated carbocycles. The van der Waals surface area contributed by atoms with E-state index in [1.807, 2.05) is 0 Å². The number of carbonyl (C=O) groups excluding carboxylic acids is 1. The fourth-order valence-corrected chi connectivity index (χ4v) is 5.34. The summed E-state index contributed by atoms with van der Waals surface area (Å²) < 4.78 is 29.2. The minimum absolute atomic E-state index is 0.0815. The van der Waals surface area contributed by atoms with Crippen molar-refractivity contribution in [2.45, 2.75) is 70.8 Å². The lowest BCUT2D eigenvalue weighted by Gasteiger charge is -2.33. The Balaban J connectivity index is 2.18. The Labute approximate surface area is 128 Å². The Morgan fingerprint density at radius 1 is 0.952 bits per heavy atom. The molecule has 0 amide bonds. The van der Waals surface area contributed by atoms with Crippen molar-refractivity contribution in [2.75, 3.05) is 19.6 Å². The number of Topliss-reactive ketones (excluding diaryl/α,β-unsaturated/α-hetero) is 1. The van der Waals surface area contributed by atoms with Gasteiger partial charge in [-0.05, 0) is 32.6 Å². The summed E-state index contributed by atoms with van der Waals surface area (Å²) >= 11 is 0. The zero-order chi connectivity index (χ0) is 15.3. The van der Waals surface area contributed by atoms with E-state index in [-0.39, 0.29) is 11.8 Å².